The molecule has 0 bridgehead atoms. The van der Waals surface area contributed by atoms with E-state index in [-0.39, 0.29) is 29.8 Å². The molecule has 1 aliphatic carbocycles. The van der Waals surface area contributed by atoms with Crippen LogP contribution in [0.4, 0.5) is 4.39 Å². The summed E-state index contributed by atoms with van der Waals surface area (Å²) >= 11 is 0. The van der Waals surface area contributed by atoms with Crippen molar-refractivity contribution in [1.29, 1.82) is 0 Å². The first-order valence-electron chi connectivity index (χ1n) is 7.17. The Kier molecular flexibility index (Phi) is 5.49. The van der Waals surface area contributed by atoms with Gasteiger partial charge in [0.05, 0.1) is 4.90 Å². The van der Waals surface area contributed by atoms with Crippen LogP contribution in [0, 0.1) is 11.7 Å². The lowest BCUT2D eigenvalue weighted by Crippen LogP contribution is -2.42. The molecule has 1 saturated carbocycles. The van der Waals surface area contributed by atoms with Crippen molar-refractivity contribution in [2.45, 2.75) is 30.2 Å². The molecule has 1 aliphatic rings. The Morgan fingerprint density at radius 1 is 1.32 bits per heavy atom. The lowest BCUT2D eigenvalue weighted by molar-refractivity contribution is -0.121. The number of nitrogens with one attached hydrogen (secondary N) is 2. The van der Waals surface area contributed by atoms with Gasteiger partial charge in [-0.3, -0.25) is 4.79 Å². The van der Waals surface area contributed by atoms with Crippen LogP contribution < -0.4 is 15.8 Å². The number of hydrogen-bond acceptors (Lipinski definition) is 4. The van der Waals surface area contributed by atoms with Gasteiger partial charge in [-0.15, -0.1) is 0 Å². The standard InChI is InChI=1S/C14H20FN3O3S/c15-11-3-5-12(6-4-11)22(20,21)17-8-7-14(19)18-13(9-16)10-1-2-10/h3-6,10,13,17H,1-2,7-9,16H2,(H,18,19). The Labute approximate surface area is 129 Å². The zero-order valence-electron chi connectivity index (χ0n) is 12.1. The van der Waals surface area contributed by atoms with Crippen molar-refractivity contribution < 1.29 is 17.6 Å². The summed E-state index contributed by atoms with van der Waals surface area (Å²) in [5.74, 6) is -0.291. The van der Waals surface area contributed by atoms with Gasteiger partial charge in [-0.1, -0.05) is 0 Å². The predicted octanol–water partition coefficient (Wildman–Crippen LogP) is 0.348. The number of nitrogens with two attached hydrogens (primary N) is 1. The normalized spacial score (nSPS) is 16.3. The Hall–Kier alpha value is -1.51. The first kappa shape index (κ1) is 16.9. The number of halogens is 1. The molecule has 0 radical (unpaired) electrons. The quantitative estimate of drug-likeness (QED) is 0.640. The smallest absolute Gasteiger partial charge is 0.240 e. The van der Waals surface area contributed by atoms with E-state index in [2.05, 4.69) is 10.0 Å². The summed E-state index contributed by atoms with van der Waals surface area (Å²) in [5.41, 5.74) is 5.59. The van der Waals surface area contributed by atoms with Crippen molar-refractivity contribution in [3.63, 3.8) is 0 Å². The highest BCUT2D eigenvalue weighted by Gasteiger charge is 2.31. The van der Waals surface area contributed by atoms with Crippen LogP contribution in [0.3, 0.4) is 0 Å². The molecule has 4 N–H and O–H groups in total. The molecule has 1 amide bonds. The first-order valence-corrected chi connectivity index (χ1v) is 8.65. The molecular formula is C14H20FN3O3S. The first-order chi connectivity index (χ1) is 10.4. The molecule has 1 unspecified atom stereocenters. The van der Waals surface area contributed by atoms with E-state index in [0.29, 0.717) is 12.5 Å². The molecule has 6 nitrogen and oxygen atoms in total. The summed E-state index contributed by atoms with van der Waals surface area (Å²) in [6.07, 6.45) is 2.17. The van der Waals surface area contributed by atoms with Crippen LogP contribution in [0.2, 0.25) is 0 Å². The molecule has 8 heteroatoms. The number of hydrogen-bond donors (Lipinski definition) is 3. The van der Waals surface area contributed by atoms with E-state index < -0.39 is 15.8 Å². The minimum absolute atomic E-state index is 0.0203. The van der Waals surface area contributed by atoms with Gasteiger partial charge in [0.15, 0.2) is 0 Å². The highest BCUT2D eigenvalue weighted by Crippen LogP contribution is 2.32. The third-order valence-corrected chi connectivity index (χ3v) is 5.04. The second kappa shape index (κ2) is 7.17. The zero-order valence-corrected chi connectivity index (χ0v) is 12.9. The van der Waals surface area contributed by atoms with Gasteiger partial charge in [0, 0.05) is 25.6 Å². The number of benzene rings is 1. The second-order valence-electron chi connectivity index (χ2n) is 5.35. The number of sulfonamides is 1. The molecule has 2 rings (SSSR count). The summed E-state index contributed by atoms with van der Waals surface area (Å²) < 4.78 is 39.0. The fourth-order valence-electron chi connectivity index (χ4n) is 2.14. The molecule has 0 aromatic heterocycles. The summed E-state index contributed by atoms with van der Waals surface area (Å²) in [7, 11) is -3.73. The van der Waals surface area contributed by atoms with E-state index in [1.165, 1.54) is 12.1 Å². The average Bonchev–Trinajstić information content (AvgIpc) is 3.29. The van der Waals surface area contributed by atoms with Gasteiger partial charge in [-0.05, 0) is 43.0 Å². The highest BCUT2D eigenvalue weighted by molar-refractivity contribution is 7.89. The molecule has 22 heavy (non-hydrogen) atoms. The number of carbonyl (C=O) groups excluding carboxylic acids is 1. The van der Waals surface area contributed by atoms with Crippen LogP contribution in [0.15, 0.2) is 29.2 Å². The monoisotopic (exact) mass is 329 g/mol. The molecule has 1 aromatic rings. The SMILES string of the molecule is NCC(NC(=O)CCNS(=O)(=O)c1ccc(F)cc1)C1CC1. The van der Waals surface area contributed by atoms with E-state index >= 15 is 0 Å². The Balaban J connectivity index is 1.79. The van der Waals surface area contributed by atoms with Gasteiger partial charge in [0.1, 0.15) is 5.82 Å². The Morgan fingerprint density at radius 3 is 2.50 bits per heavy atom. The molecule has 0 aliphatic heterocycles. The van der Waals surface area contributed by atoms with Crippen LogP contribution in [0.1, 0.15) is 19.3 Å². The molecule has 122 valence electrons. The van der Waals surface area contributed by atoms with Gasteiger partial charge in [-0.25, -0.2) is 17.5 Å². The fourth-order valence-corrected chi connectivity index (χ4v) is 3.17. The summed E-state index contributed by atoms with van der Waals surface area (Å²) in [4.78, 5) is 11.7. The van der Waals surface area contributed by atoms with E-state index in [0.717, 1.165) is 25.0 Å². The van der Waals surface area contributed by atoms with Crippen LogP contribution in [0.5, 0.6) is 0 Å². The lowest BCUT2D eigenvalue weighted by Gasteiger charge is -2.16. The van der Waals surface area contributed by atoms with Crippen LogP contribution in [0.25, 0.3) is 0 Å². The predicted molar refractivity (Wildman–Crippen MR) is 79.9 cm³/mol. The minimum Gasteiger partial charge on any atom is -0.352 e. The van der Waals surface area contributed by atoms with Crippen LogP contribution in [-0.2, 0) is 14.8 Å². The molecule has 0 saturated heterocycles. The lowest BCUT2D eigenvalue weighted by atomic mass is 10.2. The van der Waals surface area contributed by atoms with E-state index in [1.54, 1.807) is 0 Å². The molecule has 1 aromatic carbocycles. The third-order valence-electron chi connectivity index (χ3n) is 3.56. The minimum atomic E-state index is -3.73. The van der Waals surface area contributed by atoms with Crippen molar-refractivity contribution in [2.24, 2.45) is 11.7 Å². The molecular weight excluding hydrogens is 309 g/mol. The van der Waals surface area contributed by atoms with Gasteiger partial charge >= 0.3 is 0 Å². The van der Waals surface area contributed by atoms with Crippen molar-refractivity contribution in [2.75, 3.05) is 13.1 Å². The summed E-state index contributed by atoms with van der Waals surface area (Å²) in [6.45, 7) is 0.366. The van der Waals surface area contributed by atoms with E-state index in [9.17, 15) is 17.6 Å². The maximum atomic E-state index is 12.8. The van der Waals surface area contributed by atoms with Crippen LogP contribution >= 0.6 is 0 Å². The average molecular weight is 329 g/mol. The largest absolute Gasteiger partial charge is 0.352 e. The van der Waals surface area contributed by atoms with Crippen molar-refractivity contribution in [1.82, 2.24) is 10.0 Å². The van der Waals surface area contributed by atoms with Gasteiger partial charge in [0.25, 0.3) is 0 Å². The van der Waals surface area contributed by atoms with E-state index in [4.69, 9.17) is 5.73 Å². The molecule has 0 spiro atoms. The van der Waals surface area contributed by atoms with Gasteiger partial charge in [0.2, 0.25) is 15.9 Å². The Bertz CT molecular complexity index is 615. The number of amides is 1. The molecule has 1 fully saturated rings. The second-order valence-corrected chi connectivity index (χ2v) is 7.12. The van der Waals surface area contributed by atoms with Crippen molar-refractivity contribution in [3.8, 4) is 0 Å². The van der Waals surface area contributed by atoms with Crippen molar-refractivity contribution >= 4 is 15.9 Å². The zero-order chi connectivity index (χ0) is 16.2. The third kappa shape index (κ3) is 4.75. The van der Waals surface area contributed by atoms with Crippen LogP contribution in [-0.4, -0.2) is 33.5 Å². The molecule has 0 heterocycles. The van der Waals surface area contributed by atoms with Gasteiger partial charge in [-0.2, -0.15) is 0 Å². The highest BCUT2D eigenvalue weighted by atomic mass is 32.2. The Morgan fingerprint density at radius 2 is 1.95 bits per heavy atom. The number of carbonyl (C=O) groups is 1. The maximum absolute atomic E-state index is 12.8. The topological polar surface area (TPSA) is 101 Å². The van der Waals surface area contributed by atoms with Gasteiger partial charge < -0.3 is 11.1 Å². The van der Waals surface area contributed by atoms with E-state index in [1.807, 2.05) is 0 Å². The summed E-state index contributed by atoms with van der Waals surface area (Å²) in [6, 6.07) is 4.47. The molecule has 1 atom stereocenters. The maximum Gasteiger partial charge on any atom is 0.240 e. The number of rotatable bonds is 8. The van der Waals surface area contributed by atoms with Crippen molar-refractivity contribution in [3.05, 3.63) is 30.1 Å². The summed E-state index contributed by atoms with van der Waals surface area (Å²) in [5, 5.41) is 2.81. The fraction of sp³-hybridized carbons (Fsp3) is 0.500.